The van der Waals surface area contributed by atoms with Gasteiger partial charge in [-0.2, -0.15) is 28.5 Å². The average molecular weight is 595 g/mol. The third-order valence-electron chi connectivity index (χ3n) is 7.04. The highest BCUT2D eigenvalue weighted by molar-refractivity contribution is 7.21. The van der Waals surface area contributed by atoms with Crippen LogP contribution in [0.25, 0.3) is 38.2 Å². The number of aryl methyl sites for hydroxylation is 2. The highest BCUT2D eigenvalue weighted by Gasteiger charge is 2.35. The Hall–Kier alpha value is -5.12. The van der Waals surface area contributed by atoms with Crippen LogP contribution < -0.4 is 11.1 Å². The van der Waals surface area contributed by atoms with E-state index in [-0.39, 0.29) is 32.0 Å². The lowest BCUT2D eigenvalue weighted by atomic mass is 10.0. The highest BCUT2D eigenvalue weighted by atomic mass is 32.1. The number of anilines is 1. The van der Waals surface area contributed by atoms with Crippen molar-refractivity contribution in [2.75, 3.05) is 5.32 Å². The fraction of sp³-hybridized carbons (Fsp3) is 0.192. The quantitative estimate of drug-likeness (QED) is 0.305. The summed E-state index contributed by atoms with van der Waals surface area (Å²) in [6.07, 6.45) is -0.114. The van der Waals surface area contributed by atoms with E-state index in [0.717, 1.165) is 17.3 Å². The third-order valence-corrected chi connectivity index (χ3v) is 8.14. The van der Waals surface area contributed by atoms with Crippen LogP contribution in [0.5, 0.6) is 0 Å². The number of nitrogens with one attached hydrogen (secondary N) is 1. The van der Waals surface area contributed by atoms with Crippen molar-refractivity contribution in [2.45, 2.75) is 20.0 Å². The van der Waals surface area contributed by atoms with Gasteiger partial charge >= 0.3 is 6.18 Å². The van der Waals surface area contributed by atoms with Gasteiger partial charge < -0.3 is 11.1 Å². The van der Waals surface area contributed by atoms with Gasteiger partial charge in [0.25, 0.3) is 11.8 Å². The number of nitrogens with two attached hydrogens (primary N) is 1. The predicted molar refractivity (Wildman–Crippen MR) is 148 cm³/mol. The monoisotopic (exact) mass is 594 g/mol. The SMILES string of the molecule is Cc1c(-c2cc(C(F)(F)F)nc3sc(C(N)=O)c(NC(=O)c4cc5nccc(-c6cnn(C)c6C)n5n4)c23)cnn1C. The molecular formula is C26H21F3N10O2S. The van der Waals surface area contributed by atoms with Crippen LogP contribution in [0.2, 0.25) is 0 Å². The van der Waals surface area contributed by atoms with Gasteiger partial charge in [-0.3, -0.25) is 19.0 Å². The average Bonchev–Trinajstić information content (AvgIpc) is 3.69. The molecule has 0 spiro atoms. The Morgan fingerprint density at radius 2 is 1.67 bits per heavy atom. The number of carbonyl (C=O) groups excluding carboxylic acids is 2. The number of thiophene rings is 1. The second-order valence-corrected chi connectivity index (χ2v) is 10.5. The standard InChI is InChI=1S/C26H21F3N10O2S/c1-11-14(9-32-37(11)3)13-7-18(26(27,28)29)34-25-20(13)21(22(42-25)23(30)40)35-24(41)16-8-19-31-6-5-17(39(19)36-16)15-10-33-38(4)12(15)2/h5-10H,1-4H3,(H2,30,40)(H,35,41). The molecule has 6 aromatic heterocycles. The smallest absolute Gasteiger partial charge is 0.365 e. The van der Waals surface area contributed by atoms with E-state index in [1.165, 1.54) is 21.5 Å². The van der Waals surface area contributed by atoms with Crippen molar-refractivity contribution in [3.63, 3.8) is 0 Å². The third kappa shape index (κ3) is 4.27. The van der Waals surface area contributed by atoms with E-state index in [1.807, 2.05) is 6.92 Å². The molecule has 0 saturated heterocycles. The summed E-state index contributed by atoms with van der Waals surface area (Å²) in [5.41, 5.74) is 8.01. The lowest BCUT2D eigenvalue weighted by Crippen LogP contribution is -2.17. The van der Waals surface area contributed by atoms with E-state index in [1.54, 1.807) is 44.2 Å². The van der Waals surface area contributed by atoms with Gasteiger partial charge in [0.1, 0.15) is 15.4 Å². The number of amides is 2. The zero-order valence-electron chi connectivity index (χ0n) is 22.5. The Balaban J connectivity index is 1.51. The van der Waals surface area contributed by atoms with Crippen molar-refractivity contribution in [1.82, 2.24) is 39.1 Å². The minimum Gasteiger partial charge on any atom is -0.365 e. The molecular weight excluding hydrogens is 573 g/mol. The first-order valence-corrected chi connectivity index (χ1v) is 13.2. The van der Waals surface area contributed by atoms with Crippen molar-refractivity contribution in [1.29, 1.82) is 0 Å². The van der Waals surface area contributed by atoms with Gasteiger partial charge in [0, 0.05) is 54.3 Å². The first kappa shape index (κ1) is 27.1. The topological polar surface area (TPSA) is 151 Å². The van der Waals surface area contributed by atoms with E-state index in [0.29, 0.717) is 33.9 Å². The molecule has 0 atom stereocenters. The van der Waals surface area contributed by atoms with Crippen LogP contribution in [0, 0.1) is 13.8 Å². The second-order valence-electron chi connectivity index (χ2n) is 9.52. The van der Waals surface area contributed by atoms with Crippen molar-refractivity contribution < 1.29 is 22.8 Å². The summed E-state index contributed by atoms with van der Waals surface area (Å²) in [5, 5.41) is 15.6. The van der Waals surface area contributed by atoms with Crippen LogP contribution in [-0.4, -0.2) is 51.0 Å². The number of rotatable bonds is 5. The number of hydrogen-bond acceptors (Lipinski definition) is 8. The molecule has 3 N–H and O–H groups in total. The maximum atomic E-state index is 13.8. The zero-order valence-corrected chi connectivity index (χ0v) is 23.3. The number of aromatic nitrogens is 8. The lowest BCUT2D eigenvalue weighted by Gasteiger charge is -2.12. The van der Waals surface area contributed by atoms with Crippen molar-refractivity contribution in [3.05, 3.63) is 64.4 Å². The first-order chi connectivity index (χ1) is 19.8. The Bertz CT molecular complexity index is 2070. The van der Waals surface area contributed by atoms with Crippen molar-refractivity contribution in [2.24, 2.45) is 19.8 Å². The molecule has 0 bridgehead atoms. The Morgan fingerprint density at radius 1 is 1.00 bits per heavy atom. The second kappa shape index (κ2) is 9.47. The summed E-state index contributed by atoms with van der Waals surface area (Å²) < 4.78 is 46.2. The number of nitrogens with zero attached hydrogens (tertiary/aromatic N) is 8. The van der Waals surface area contributed by atoms with E-state index in [4.69, 9.17) is 5.73 Å². The van der Waals surface area contributed by atoms with E-state index < -0.39 is 23.7 Å². The minimum absolute atomic E-state index is 0.0507. The summed E-state index contributed by atoms with van der Waals surface area (Å²) in [6, 6.07) is 4.06. The van der Waals surface area contributed by atoms with Crippen LogP contribution in [0.4, 0.5) is 18.9 Å². The minimum atomic E-state index is -4.77. The van der Waals surface area contributed by atoms with Gasteiger partial charge in [0.15, 0.2) is 11.3 Å². The summed E-state index contributed by atoms with van der Waals surface area (Å²) in [7, 11) is 3.44. The molecule has 0 fully saturated rings. The van der Waals surface area contributed by atoms with Gasteiger partial charge in [-0.25, -0.2) is 14.5 Å². The molecule has 42 heavy (non-hydrogen) atoms. The zero-order chi connectivity index (χ0) is 30.1. The van der Waals surface area contributed by atoms with E-state index in [9.17, 15) is 22.8 Å². The van der Waals surface area contributed by atoms with Crippen LogP contribution in [0.15, 0.2) is 36.8 Å². The molecule has 0 aromatic carbocycles. The normalized spacial score (nSPS) is 12.0. The molecule has 2 amide bonds. The Morgan fingerprint density at radius 3 is 2.26 bits per heavy atom. The van der Waals surface area contributed by atoms with E-state index in [2.05, 4.69) is 30.6 Å². The number of halogens is 3. The van der Waals surface area contributed by atoms with Gasteiger partial charge in [-0.15, -0.1) is 11.3 Å². The fourth-order valence-electron chi connectivity index (χ4n) is 4.65. The largest absolute Gasteiger partial charge is 0.433 e. The molecule has 0 unspecified atom stereocenters. The molecule has 12 nitrogen and oxygen atoms in total. The number of carbonyl (C=O) groups is 2. The van der Waals surface area contributed by atoms with Gasteiger partial charge in [0.2, 0.25) is 0 Å². The number of pyridine rings is 1. The summed E-state index contributed by atoms with van der Waals surface area (Å²) in [6.45, 7) is 3.57. The molecule has 6 aromatic rings. The van der Waals surface area contributed by atoms with Crippen LogP contribution in [-0.2, 0) is 20.3 Å². The fourth-order valence-corrected chi connectivity index (χ4v) is 5.66. The molecule has 0 saturated carbocycles. The first-order valence-electron chi connectivity index (χ1n) is 12.3. The highest BCUT2D eigenvalue weighted by Crippen LogP contribution is 2.44. The maximum absolute atomic E-state index is 13.8. The van der Waals surface area contributed by atoms with Crippen LogP contribution in [0.3, 0.4) is 0 Å². The van der Waals surface area contributed by atoms with Crippen LogP contribution >= 0.6 is 11.3 Å². The summed E-state index contributed by atoms with van der Waals surface area (Å²) in [5.74, 6) is -1.67. The molecule has 0 aliphatic carbocycles. The molecule has 0 radical (unpaired) electrons. The lowest BCUT2D eigenvalue weighted by molar-refractivity contribution is -0.140. The van der Waals surface area contributed by atoms with Crippen LogP contribution in [0.1, 0.15) is 37.2 Å². The summed E-state index contributed by atoms with van der Waals surface area (Å²) >= 11 is 0.655. The molecule has 16 heteroatoms. The number of fused-ring (bicyclic) bond motifs is 2. The Kier molecular flexibility index (Phi) is 6.11. The number of hydrogen-bond donors (Lipinski definition) is 2. The van der Waals surface area contributed by atoms with Crippen molar-refractivity contribution >= 4 is 44.7 Å². The predicted octanol–water partition coefficient (Wildman–Crippen LogP) is 4.13. The molecule has 6 rings (SSSR count). The number of primary amides is 1. The van der Waals surface area contributed by atoms with Gasteiger partial charge in [0.05, 0.1) is 23.8 Å². The molecule has 6 heterocycles. The van der Waals surface area contributed by atoms with Crippen molar-refractivity contribution in [3.8, 4) is 22.4 Å². The van der Waals surface area contributed by atoms with Gasteiger partial charge in [-0.1, -0.05) is 0 Å². The molecule has 0 aliphatic rings. The summed E-state index contributed by atoms with van der Waals surface area (Å²) in [4.78, 5) is 33.8. The number of alkyl halides is 3. The molecule has 0 aliphatic heterocycles. The van der Waals surface area contributed by atoms with E-state index >= 15 is 0 Å². The van der Waals surface area contributed by atoms with Gasteiger partial charge in [-0.05, 0) is 31.5 Å². The Labute approximate surface area is 238 Å². The molecule has 214 valence electrons. The maximum Gasteiger partial charge on any atom is 0.433 e.